The molecule has 0 spiro atoms. The standard InChI is InChI=1S/C8H11NS/c1-7-2-4-8(5-3-7)9-6-10/h8H,1-5H2. The first kappa shape index (κ1) is 7.64. The number of aliphatic imine (C=N–C) groups is 1. The van der Waals surface area contributed by atoms with Gasteiger partial charge in [0.15, 0.2) is 0 Å². The molecule has 0 atom stereocenters. The first-order valence-electron chi connectivity index (χ1n) is 3.56. The van der Waals surface area contributed by atoms with Crippen molar-refractivity contribution < 1.29 is 0 Å². The molecule has 0 radical (unpaired) electrons. The zero-order valence-corrected chi connectivity index (χ0v) is 6.78. The van der Waals surface area contributed by atoms with E-state index in [4.69, 9.17) is 0 Å². The van der Waals surface area contributed by atoms with Crippen molar-refractivity contribution in [3.05, 3.63) is 12.2 Å². The maximum Gasteiger partial charge on any atom is 0.0608 e. The van der Waals surface area contributed by atoms with E-state index >= 15 is 0 Å². The maximum atomic E-state index is 4.52. The molecule has 0 aromatic carbocycles. The third-order valence-electron chi connectivity index (χ3n) is 1.90. The molecule has 0 bridgehead atoms. The number of hydrogen-bond donors (Lipinski definition) is 0. The fourth-order valence-corrected chi connectivity index (χ4v) is 1.36. The Bertz CT molecular complexity index is 170. The van der Waals surface area contributed by atoms with Gasteiger partial charge in [0.2, 0.25) is 0 Å². The number of hydrogen-bond acceptors (Lipinski definition) is 2. The third-order valence-corrected chi connectivity index (χ3v) is 2.00. The normalized spacial score (nSPS) is 20.2. The molecular weight excluding hydrogens is 142 g/mol. The van der Waals surface area contributed by atoms with Crippen LogP contribution in [0.25, 0.3) is 0 Å². The van der Waals surface area contributed by atoms with Gasteiger partial charge >= 0.3 is 0 Å². The van der Waals surface area contributed by atoms with Gasteiger partial charge in [-0.1, -0.05) is 12.2 Å². The van der Waals surface area contributed by atoms with Gasteiger partial charge in [-0.3, -0.25) is 0 Å². The average Bonchev–Trinajstić information content (AvgIpc) is 1.95. The van der Waals surface area contributed by atoms with Gasteiger partial charge in [-0.05, 0) is 37.9 Å². The van der Waals surface area contributed by atoms with E-state index in [0.29, 0.717) is 6.04 Å². The van der Waals surface area contributed by atoms with E-state index in [1.54, 1.807) is 0 Å². The second-order valence-corrected chi connectivity index (χ2v) is 2.88. The van der Waals surface area contributed by atoms with Crippen LogP contribution in [0, 0.1) is 0 Å². The second kappa shape index (κ2) is 3.65. The van der Waals surface area contributed by atoms with E-state index in [2.05, 4.69) is 29.0 Å². The molecule has 10 heavy (non-hydrogen) atoms. The highest BCUT2D eigenvalue weighted by Gasteiger charge is 2.13. The van der Waals surface area contributed by atoms with E-state index in [9.17, 15) is 0 Å². The lowest BCUT2D eigenvalue weighted by molar-refractivity contribution is 0.517. The Morgan fingerprint density at radius 1 is 1.50 bits per heavy atom. The zero-order chi connectivity index (χ0) is 7.40. The van der Waals surface area contributed by atoms with Crippen molar-refractivity contribution in [3.63, 3.8) is 0 Å². The summed E-state index contributed by atoms with van der Waals surface area (Å²) in [6.07, 6.45) is 4.46. The highest BCUT2D eigenvalue weighted by atomic mass is 32.1. The SMILES string of the molecule is C=C1CCC(N=C=S)CC1. The predicted octanol–water partition coefficient (Wildman–Crippen LogP) is 2.59. The Morgan fingerprint density at radius 3 is 2.60 bits per heavy atom. The summed E-state index contributed by atoms with van der Waals surface area (Å²) < 4.78 is 0. The van der Waals surface area contributed by atoms with Crippen LogP contribution < -0.4 is 0 Å². The number of isothiocyanates is 1. The van der Waals surface area contributed by atoms with Crippen LogP contribution in [0.2, 0.25) is 0 Å². The first-order chi connectivity index (χ1) is 4.83. The van der Waals surface area contributed by atoms with Crippen LogP contribution in [0.15, 0.2) is 17.1 Å². The molecule has 0 heterocycles. The molecule has 2 heteroatoms. The summed E-state index contributed by atoms with van der Waals surface area (Å²) in [4.78, 5) is 4.04. The van der Waals surface area contributed by atoms with Crippen LogP contribution in [0.3, 0.4) is 0 Å². The Labute approximate surface area is 66.9 Å². The number of thiocarbonyl (C=S) groups is 1. The number of nitrogens with zero attached hydrogens (tertiary/aromatic N) is 1. The zero-order valence-electron chi connectivity index (χ0n) is 5.97. The molecule has 0 aliphatic heterocycles. The molecule has 1 saturated carbocycles. The number of rotatable bonds is 1. The third kappa shape index (κ3) is 2.05. The Morgan fingerprint density at radius 2 is 2.10 bits per heavy atom. The summed E-state index contributed by atoms with van der Waals surface area (Å²) in [5.74, 6) is 0. The predicted molar refractivity (Wildman–Crippen MR) is 46.4 cm³/mol. The van der Waals surface area contributed by atoms with Crippen molar-refractivity contribution >= 4 is 17.4 Å². The molecule has 1 fully saturated rings. The number of allylic oxidation sites excluding steroid dienone is 1. The van der Waals surface area contributed by atoms with Gasteiger partial charge in [0.1, 0.15) is 0 Å². The highest BCUT2D eigenvalue weighted by molar-refractivity contribution is 7.78. The minimum absolute atomic E-state index is 0.433. The van der Waals surface area contributed by atoms with Crippen molar-refractivity contribution in [1.82, 2.24) is 0 Å². The fourth-order valence-electron chi connectivity index (χ4n) is 1.21. The summed E-state index contributed by atoms with van der Waals surface area (Å²) in [6.45, 7) is 3.92. The maximum absolute atomic E-state index is 4.52. The molecule has 0 N–H and O–H groups in total. The Balaban J connectivity index is 2.39. The van der Waals surface area contributed by atoms with Gasteiger partial charge in [0, 0.05) is 0 Å². The molecule has 1 aliphatic rings. The van der Waals surface area contributed by atoms with Crippen molar-refractivity contribution in [3.8, 4) is 0 Å². The Hall–Kier alpha value is -0.460. The monoisotopic (exact) mass is 153 g/mol. The van der Waals surface area contributed by atoms with Crippen LogP contribution in [0.4, 0.5) is 0 Å². The molecule has 0 aromatic rings. The lowest BCUT2D eigenvalue weighted by Gasteiger charge is -2.17. The summed E-state index contributed by atoms with van der Waals surface area (Å²) in [5.41, 5.74) is 1.36. The smallest absolute Gasteiger partial charge is 0.0608 e. The molecule has 54 valence electrons. The highest BCUT2D eigenvalue weighted by Crippen LogP contribution is 2.23. The molecule has 0 unspecified atom stereocenters. The average molecular weight is 153 g/mol. The fraction of sp³-hybridized carbons (Fsp3) is 0.625. The van der Waals surface area contributed by atoms with Crippen LogP contribution in [-0.2, 0) is 0 Å². The molecule has 1 rings (SSSR count). The summed E-state index contributed by atoms with van der Waals surface area (Å²) >= 11 is 4.52. The van der Waals surface area contributed by atoms with E-state index in [1.165, 1.54) is 5.57 Å². The molecule has 0 amide bonds. The van der Waals surface area contributed by atoms with E-state index < -0.39 is 0 Å². The van der Waals surface area contributed by atoms with Crippen molar-refractivity contribution in [2.75, 3.05) is 0 Å². The largest absolute Gasteiger partial charge is 0.229 e. The lowest BCUT2D eigenvalue weighted by atomic mass is 9.92. The van der Waals surface area contributed by atoms with Crippen molar-refractivity contribution in [2.24, 2.45) is 4.99 Å². The van der Waals surface area contributed by atoms with Crippen molar-refractivity contribution in [2.45, 2.75) is 31.7 Å². The quantitative estimate of drug-likeness (QED) is 0.320. The molecule has 0 saturated heterocycles. The van der Waals surface area contributed by atoms with E-state index in [-0.39, 0.29) is 0 Å². The Kier molecular flexibility index (Phi) is 2.79. The summed E-state index contributed by atoms with van der Waals surface area (Å²) in [7, 11) is 0. The van der Waals surface area contributed by atoms with Gasteiger partial charge < -0.3 is 0 Å². The van der Waals surface area contributed by atoms with Gasteiger partial charge in [-0.2, -0.15) is 0 Å². The second-order valence-electron chi connectivity index (χ2n) is 2.70. The summed E-state index contributed by atoms with van der Waals surface area (Å²) in [6, 6.07) is 0.433. The van der Waals surface area contributed by atoms with Gasteiger partial charge in [-0.25, -0.2) is 4.99 Å². The molecule has 0 aromatic heterocycles. The molecule has 1 nitrogen and oxygen atoms in total. The minimum atomic E-state index is 0.433. The first-order valence-corrected chi connectivity index (χ1v) is 3.97. The topological polar surface area (TPSA) is 12.4 Å². The van der Waals surface area contributed by atoms with Gasteiger partial charge in [0.05, 0.1) is 11.2 Å². The van der Waals surface area contributed by atoms with Crippen LogP contribution >= 0.6 is 12.2 Å². The van der Waals surface area contributed by atoms with Gasteiger partial charge in [0.25, 0.3) is 0 Å². The van der Waals surface area contributed by atoms with Crippen LogP contribution in [0.5, 0.6) is 0 Å². The molecule has 1 aliphatic carbocycles. The van der Waals surface area contributed by atoms with E-state index in [1.807, 2.05) is 0 Å². The van der Waals surface area contributed by atoms with Gasteiger partial charge in [-0.15, -0.1) is 0 Å². The van der Waals surface area contributed by atoms with Crippen molar-refractivity contribution in [1.29, 1.82) is 0 Å². The van der Waals surface area contributed by atoms with Crippen LogP contribution in [-0.4, -0.2) is 11.2 Å². The molecular formula is C8H11NS. The summed E-state index contributed by atoms with van der Waals surface area (Å²) in [5, 5.41) is 2.43. The minimum Gasteiger partial charge on any atom is -0.229 e. The lowest BCUT2D eigenvalue weighted by Crippen LogP contribution is -2.10. The van der Waals surface area contributed by atoms with Crippen LogP contribution in [0.1, 0.15) is 25.7 Å². The van der Waals surface area contributed by atoms with E-state index in [0.717, 1.165) is 25.7 Å².